The monoisotopic (exact) mass is 345 g/mol. The van der Waals surface area contributed by atoms with Gasteiger partial charge in [-0.2, -0.15) is 0 Å². The molecule has 0 aliphatic heterocycles. The molecule has 0 saturated heterocycles. The molecule has 20 heavy (non-hydrogen) atoms. The van der Waals surface area contributed by atoms with Crippen molar-refractivity contribution in [1.29, 1.82) is 0 Å². The zero-order chi connectivity index (χ0) is 15.3. The van der Waals surface area contributed by atoms with Crippen LogP contribution in [0.2, 0.25) is 0 Å². The standard InChI is InChI=1S/C14H20BrNO4/c1-14(2,3)20-13(17)16-8-9-6-12(19-5)10(15)7-11(9)18-4/h6-7H,8H2,1-5H3,(H,16,17). The number of carbonyl (C=O) groups is 1. The molecule has 1 aromatic carbocycles. The Labute approximate surface area is 127 Å². The Hall–Kier alpha value is -1.43. The molecule has 1 N–H and O–H groups in total. The van der Waals surface area contributed by atoms with Crippen molar-refractivity contribution < 1.29 is 19.0 Å². The summed E-state index contributed by atoms with van der Waals surface area (Å²) in [7, 11) is 3.16. The number of methoxy groups -OCH3 is 2. The maximum atomic E-state index is 11.6. The second kappa shape index (κ2) is 6.83. The topological polar surface area (TPSA) is 56.8 Å². The maximum absolute atomic E-state index is 11.6. The Balaban J connectivity index is 2.79. The molecular weight excluding hydrogens is 326 g/mol. The van der Waals surface area contributed by atoms with Crippen LogP contribution >= 0.6 is 15.9 Å². The molecular formula is C14H20BrNO4. The average molecular weight is 346 g/mol. The van der Waals surface area contributed by atoms with Crippen LogP contribution in [0.5, 0.6) is 11.5 Å². The number of alkyl carbamates (subject to hydrolysis) is 1. The molecule has 1 aromatic rings. The van der Waals surface area contributed by atoms with E-state index in [1.54, 1.807) is 26.4 Å². The van der Waals surface area contributed by atoms with Crippen LogP contribution in [-0.2, 0) is 11.3 Å². The number of carbonyl (C=O) groups excluding carboxylic acids is 1. The van der Waals surface area contributed by atoms with Gasteiger partial charge in [-0.15, -0.1) is 0 Å². The van der Waals surface area contributed by atoms with Gasteiger partial charge in [0.15, 0.2) is 0 Å². The van der Waals surface area contributed by atoms with Crippen LogP contribution in [0.15, 0.2) is 16.6 Å². The van der Waals surface area contributed by atoms with Crippen molar-refractivity contribution in [2.24, 2.45) is 0 Å². The quantitative estimate of drug-likeness (QED) is 0.907. The third kappa shape index (κ3) is 4.92. The summed E-state index contributed by atoms with van der Waals surface area (Å²) in [6, 6.07) is 3.60. The van der Waals surface area contributed by atoms with Gasteiger partial charge in [-0.3, -0.25) is 0 Å². The molecule has 1 rings (SSSR count). The van der Waals surface area contributed by atoms with Crippen LogP contribution in [0.1, 0.15) is 26.3 Å². The van der Waals surface area contributed by atoms with Gasteiger partial charge in [0.05, 0.1) is 18.7 Å². The molecule has 0 fully saturated rings. The highest BCUT2D eigenvalue weighted by atomic mass is 79.9. The molecule has 0 unspecified atom stereocenters. The fraction of sp³-hybridized carbons (Fsp3) is 0.500. The summed E-state index contributed by atoms with van der Waals surface area (Å²) in [5.74, 6) is 1.33. The Kier molecular flexibility index (Phi) is 5.68. The van der Waals surface area contributed by atoms with Gasteiger partial charge in [-0.1, -0.05) is 0 Å². The van der Waals surface area contributed by atoms with Gasteiger partial charge in [0.1, 0.15) is 17.1 Å². The van der Waals surface area contributed by atoms with Crippen molar-refractivity contribution in [2.45, 2.75) is 32.9 Å². The van der Waals surface area contributed by atoms with E-state index in [0.29, 0.717) is 18.0 Å². The van der Waals surface area contributed by atoms with Crippen LogP contribution in [0.25, 0.3) is 0 Å². The van der Waals surface area contributed by atoms with Crippen molar-refractivity contribution >= 4 is 22.0 Å². The highest BCUT2D eigenvalue weighted by molar-refractivity contribution is 9.10. The third-order valence-electron chi connectivity index (χ3n) is 2.38. The van der Waals surface area contributed by atoms with Crippen molar-refractivity contribution in [3.05, 3.63) is 22.2 Å². The zero-order valence-electron chi connectivity index (χ0n) is 12.4. The predicted octanol–water partition coefficient (Wildman–Crippen LogP) is 3.49. The van der Waals surface area contributed by atoms with E-state index in [2.05, 4.69) is 21.2 Å². The van der Waals surface area contributed by atoms with E-state index < -0.39 is 11.7 Å². The Morgan fingerprint density at radius 3 is 2.30 bits per heavy atom. The fourth-order valence-electron chi connectivity index (χ4n) is 1.54. The van der Waals surface area contributed by atoms with Gasteiger partial charge < -0.3 is 19.5 Å². The van der Waals surface area contributed by atoms with Gasteiger partial charge in [-0.05, 0) is 48.8 Å². The number of halogens is 1. The summed E-state index contributed by atoms with van der Waals surface area (Å²) in [6.07, 6.45) is -0.471. The summed E-state index contributed by atoms with van der Waals surface area (Å²) in [5, 5.41) is 2.69. The van der Waals surface area contributed by atoms with E-state index in [4.69, 9.17) is 14.2 Å². The summed E-state index contributed by atoms with van der Waals surface area (Å²) < 4.78 is 16.5. The van der Waals surface area contributed by atoms with Gasteiger partial charge >= 0.3 is 6.09 Å². The lowest BCUT2D eigenvalue weighted by atomic mass is 10.2. The molecule has 5 nitrogen and oxygen atoms in total. The Bertz CT molecular complexity index is 483. The van der Waals surface area contributed by atoms with Crippen molar-refractivity contribution in [3.63, 3.8) is 0 Å². The van der Waals surface area contributed by atoms with Crippen LogP contribution in [-0.4, -0.2) is 25.9 Å². The van der Waals surface area contributed by atoms with E-state index in [0.717, 1.165) is 10.0 Å². The van der Waals surface area contributed by atoms with Gasteiger partial charge in [-0.25, -0.2) is 4.79 Å². The number of amides is 1. The summed E-state index contributed by atoms with van der Waals surface area (Å²) in [6.45, 7) is 5.74. The van der Waals surface area contributed by atoms with Crippen LogP contribution in [0.3, 0.4) is 0 Å². The first-order chi connectivity index (χ1) is 9.26. The number of hydrogen-bond acceptors (Lipinski definition) is 4. The summed E-state index contributed by atoms with van der Waals surface area (Å²) in [5.41, 5.74) is 0.282. The first-order valence-corrected chi connectivity index (χ1v) is 6.93. The zero-order valence-corrected chi connectivity index (χ0v) is 14.0. The van der Waals surface area contributed by atoms with E-state index >= 15 is 0 Å². The number of rotatable bonds is 4. The van der Waals surface area contributed by atoms with Crippen molar-refractivity contribution in [3.8, 4) is 11.5 Å². The minimum Gasteiger partial charge on any atom is -0.496 e. The Morgan fingerprint density at radius 1 is 1.20 bits per heavy atom. The van der Waals surface area contributed by atoms with Crippen LogP contribution < -0.4 is 14.8 Å². The highest BCUT2D eigenvalue weighted by Crippen LogP contribution is 2.32. The van der Waals surface area contributed by atoms with Crippen LogP contribution in [0.4, 0.5) is 4.79 Å². The number of nitrogens with one attached hydrogen (secondary N) is 1. The Morgan fingerprint density at radius 2 is 1.80 bits per heavy atom. The lowest BCUT2D eigenvalue weighted by Crippen LogP contribution is -2.32. The molecule has 0 aliphatic rings. The first-order valence-electron chi connectivity index (χ1n) is 6.14. The first kappa shape index (κ1) is 16.6. The normalized spacial score (nSPS) is 10.9. The molecule has 0 heterocycles. The van der Waals surface area contributed by atoms with Crippen molar-refractivity contribution in [1.82, 2.24) is 5.32 Å². The van der Waals surface area contributed by atoms with E-state index in [-0.39, 0.29) is 0 Å². The molecule has 0 atom stereocenters. The maximum Gasteiger partial charge on any atom is 0.407 e. The molecule has 0 aliphatic carbocycles. The molecule has 0 aromatic heterocycles. The molecule has 0 radical (unpaired) electrons. The highest BCUT2D eigenvalue weighted by Gasteiger charge is 2.17. The fourth-order valence-corrected chi connectivity index (χ4v) is 2.03. The number of hydrogen-bond donors (Lipinski definition) is 1. The van der Waals surface area contributed by atoms with Crippen LogP contribution in [0, 0.1) is 0 Å². The lowest BCUT2D eigenvalue weighted by molar-refractivity contribution is 0.0523. The number of ether oxygens (including phenoxy) is 3. The molecule has 0 spiro atoms. The van der Waals surface area contributed by atoms with E-state index in [1.165, 1.54) is 0 Å². The third-order valence-corrected chi connectivity index (χ3v) is 3.00. The van der Waals surface area contributed by atoms with E-state index in [1.807, 2.05) is 20.8 Å². The molecule has 112 valence electrons. The second-order valence-corrected chi connectivity index (χ2v) is 6.01. The smallest absolute Gasteiger partial charge is 0.407 e. The molecule has 1 amide bonds. The lowest BCUT2D eigenvalue weighted by Gasteiger charge is -2.20. The molecule has 0 saturated carbocycles. The number of benzene rings is 1. The molecule has 0 bridgehead atoms. The van der Waals surface area contributed by atoms with Gasteiger partial charge in [0.2, 0.25) is 0 Å². The van der Waals surface area contributed by atoms with E-state index in [9.17, 15) is 4.79 Å². The minimum atomic E-state index is -0.522. The van der Waals surface area contributed by atoms with Crippen molar-refractivity contribution in [2.75, 3.05) is 14.2 Å². The summed E-state index contributed by atoms with van der Waals surface area (Å²) in [4.78, 5) is 11.6. The minimum absolute atomic E-state index is 0.293. The average Bonchev–Trinajstić information content (AvgIpc) is 2.34. The van der Waals surface area contributed by atoms with Gasteiger partial charge in [0, 0.05) is 12.1 Å². The largest absolute Gasteiger partial charge is 0.496 e. The summed E-state index contributed by atoms with van der Waals surface area (Å²) >= 11 is 3.39. The second-order valence-electron chi connectivity index (χ2n) is 5.15. The molecule has 6 heteroatoms. The SMILES string of the molecule is COc1cc(CNC(=O)OC(C)(C)C)c(OC)cc1Br. The van der Waals surface area contributed by atoms with Gasteiger partial charge in [0.25, 0.3) is 0 Å². The predicted molar refractivity (Wildman–Crippen MR) is 80.3 cm³/mol.